The monoisotopic (exact) mass is 376 g/mol. The number of aromatic amines is 1. The standard InChI is InChI=1S/C19H16N6O3/c1-7-12(26)5-4-11-15(7)25-18-10(14(16(20)27)19(25)22-11)6-21-17(23-18)13-8(2)24-28-9(13)3/h4-6,22,26H,1-3H3,(H2,20,27). The summed E-state index contributed by atoms with van der Waals surface area (Å²) in [6.07, 6.45) is 1.58. The summed E-state index contributed by atoms with van der Waals surface area (Å²) in [7, 11) is 0. The van der Waals surface area contributed by atoms with Gasteiger partial charge in [-0.05, 0) is 32.9 Å². The molecule has 4 heterocycles. The van der Waals surface area contributed by atoms with E-state index >= 15 is 0 Å². The molecule has 5 aromatic rings. The van der Waals surface area contributed by atoms with Crippen molar-refractivity contribution in [1.29, 1.82) is 0 Å². The molecular formula is C19H16N6O3. The topological polar surface area (TPSA) is 135 Å². The number of nitrogens with zero attached hydrogens (tertiary/aromatic N) is 4. The number of nitrogens with two attached hydrogens (primary N) is 1. The van der Waals surface area contributed by atoms with Crippen molar-refractivity contribution in [1.82, 2.24) is 24.5 Å². The van der Waals surface area contributed by atoms with Gasteiger partial charge in [-0.25, -0.2) is 9.97 Å². The molecule has 1 aromatic carbocycles. The number of hydrogen-bond donors (Lipinski definition) is 3. The summed E-state index contributed by atoms with van der Waals surface area (Å²) in [5.74, 6) is 0.601. The summed E-state index contributed by atoms with van der Waals surface area (Å²) >= 11 is 0. The normalized spacial score (nSPS) is 11.8. The molecule has 1 amide bonds. The molecule has 4 aromatic heterocycles. The van der Waals surface area contributed by atoms with Crippen molar-refractivity contribution in [2.45, 2.75) is 20.8 Å². The Kier molecular flexibility index (Phi) is 3.10. The predicted octanol–water partition coefficient (Wildman–Crippen LogP) is 2.75. The van der Waals surface area contributed by atoms with Crippen molar-refractivity contribution >= 4 is 33.6 Å². The maximum Gasteiger partial charge on any atom is 0.253 e. The zero-order valence-corrected chi connectivity index (χ0v) is 15.4. The Balaban J connectivity index is 1.99. The number of hydrogen-bond acceptors (Lipinski definition) is 6. The largest absolute Gasteiger partial charge is 0.508 e. The molecule has 0 bridgehead atoms. The predicted molar refractivity (Wildman–Crippen MR) is 102 cm³/mol. The van der Waals surface area contributed by atoms with Crippen molar-refractivity contribution in [3.05, 3.63) is 40.9 Å². The van der Waals surface area contributed by atoms with Gasteiger partial charge >= 0.3 is 0 Å². The first-order valence-corrected chi connectivity index (χ1v) is 8.63. The van der Waals surface area contributed by atoms with Crippen LogP contribution in [0.4, 0.5) is 0 Å². The fourth-order valence-corrected chi connectivity index (χ4v) is 3.78. The highest BCUT2D eigenvalue weighted by Gasteiger charge is 2.24. The van der Waals surface area contributed by atoms with Crippen LogP contribution in [0.15, 0.2) is 22.9 Å². The fraction of sp³-hybridized carbons (Fsp3) is 0.158. The third-order valence-electron chi connectivity index (χ3n) is 5.09. The van der Waals surface area contributed by atoms with Crippen molar-refractivity contribution in [2.75, 3.05) is 0 Å². The van der Waals surface area contributed by atoms with Crippen molar-refractivity contribution in [2.24, 2.45) is 5.73 Å². The Morgan fingerprint density at radius 2 is 2.07 bits per heavy atom. The van der Waals surface area contributed by atoms with Gasteiger partial charge in [-0.2, -0.15) is 0 Å². The van der Waals surface area contributed by atoms with Crippen LogP contribution in [-0.4, -0.2) is 35.5 Å². The number of phenols is 1. The van der Waals surface area contributed by atoms with E-state index in [0.29, 0.717) is 50.6 Å². The lowest BCUT2D eigenvalue weighted by Gasteiger charge is -2.03. The number of phenolic OH excluding ortho intramolecular Hbond substituents is 1. The number of fused-ring (bicyclic) bond motifs is 5. The number of nitrogens with one attached hydrogen (secondary N) is 1. The second kappa shape index (κ2) is 5.32. The van der Waals surface area contributed by atoms with Gasteiger partial charge in [0, 0.05) is 11.8 Å². The number of benzene rings is 1. The van der Waals surface area contributed by atoms with Gasteiger partial charge in [0.1, 0.15) is 17.2 Å². The van der Waals surface area contributed by atoms with Crippen LogP contribution < -0.4 is 5.73 Å². The first-order chi connectivity index (χ1) is 13.4. The van der Waals surface area contributed by atoms with Crippen molar-refractivity contribution in [3.63, 3.8) is 0 Å². The number of aromatic nitrogens is 5. The summed E-state index contributed by atoms with van der Waals surface area (Å²) in [5.41, 5.74) is 10.5. The lowest BCUT2D eigenvalue weighted by Crippen LogP contribution is -2.11. The maximum atomic E-state index is 12.2. The fourth-order valence-electron chi connectivity index (χ4n) is 3.78. The molecule has 0 unspecified atom stereocenters. The first kappa shape index (κ1) is 16.3. The minimum Gasteiger partial charge on any atom is -0.508 e. The quantitative estimate of drug-likeness (QED) is 0.433. The highest BCUT2D eigenvalue weighted by atomic mass is 16.5. The van der Waals surface area contributed by atoms with Crippen LogP contribution in [0.5, 0.6) is 5.75 Å². The molecule has 140 valence electrons. The maximum absolute atomic E-state index is 12.2. The van der Waals surface area contributed by atoms with Gasteiger partial charge in [0.25, 0.3) is 5.91 Å². The third-order valence-corrected chi connectivity index (χ3v) is 5.09. The lowest BCUT2D eigenvalue weighted by molar-refractivity contribution is 0.100. The molecule has 9 nitrogen and oxygen atoms in total. The molecule has 0 saturated carbocycles. The molecule has 0 saturated heterocycles. The van der Waals surface area contributed by atoms with Gasteiger partial charge in [-0.15, -0.1) is 0 Å². The smallest absolute Gasteiger partial charge is 0.253 e. The van der Waals surface area contributed by atoms with Gasteiger partial charge in [-0.3, -0.25) is 9.20 Å². The average Bonchev–Trinajstić information content (AvgIpc) is 3.28. The molecule has 5 rings (SSSR count). The number of H-pyrrole nitrogens is 1. The molecule has 9 heteroatoms. The number of aryl methyl sites for hydroxylation is 3. The van der Waals surface area contributed by atoms with Gasteiger partial charge in [-0.1, -0.05) is 5.16 Å². The van der Waals surface area contributed by atoms with Gasteiger partial charge in [0.15, 0.2) is 11.5 Å². The number of carbonyl (C=O) groups is 1. The number of imidazole rings is 1. The van der Waals surface area contributed by atoms with E-state index in [2.05, 4.69) is 15.1 Å². The minimum atomic E-state index is -0.588. The molecule has 0 aliphatic carbocycles. The van der Waals surface area contributed by atoms with Crippen LogP contribution in [0, 0.1) is 20.8 Å². The number of rotatable bonds is 2. The van der Waals surface area contributed by atoms with Crippen LogP contribution in [0.1, 0.15) is 27.4 Å². The summed E-state index contributed by atoms with van der Waals surface area (Å²) in [4.78, 5) is 24.5. The molecule has 0 fully saturated rings. The summed E-state index contributed by atoms with van der Waals surface area (Å²) < 4.78 is 7.03. The Morgan fingerprint density at radius 3 is 2.75 bits per heavy atom. The van der Waals surface area contributed by atoms with E-state index in [9.17, 15) is 9.90 Å². The molecule has 0 aliphatic rings. The minimum absolute atomic E-state index is 0.149. The van der Waals surface area contributed by atoms with Gasteiger partial charge in [0.05, 0.1) is 33.2 Å². The van der Waals surface area contributed by atoms with E-state index in [1.165, 1.54) is 0 Å². The molecular weight excluding hydrogens is 360 g/mol. The highest BCUT2D eigenvalue weighted by molar-refractivity contribution is 6.13. The highest BCUT2D eigenvalue weighted by Crippen LogP contribution is 2.34. The lowest BCUT2D eigenvalue weighted by atomic mass is 10.1. The third kappa shape index (κ3) is 1.95. The van der Waals surface area contributed by atoms with E-state index in [1.807, 2.05) is 6.92 Å². The van der Waals surface area contributed by atoms with Gasteiger partial charge < -0.3 is 20.3 Å². The summed E-state index contributed by atoms with van der Waals surface area (Å²) in [5, 5.41) is 14.7. The summed E-state index contributed by atoms with van der Waals surface area (Å²) in [6.45, 7) is 5.41. The van der Waals surface area contributed by atoms with Crippen molar-refractivity contribution < 1.29 is 14.4 Å². The second-order valence-electron chi connectivity index (χ2n) is 6.78. The molecule has 28 heavy (non-hydrogen) atoms. The number of primary amides is 1. The zero-order chi connectivity index (χ0) is 19.7. The Hall–Kier alpha value is -3.88. The number of carbonyl (C=O) groups excluding carboxylic acids is 1. The van der Waals surface area contributed by atoms with E-state index in [1.54, 1.807) is 36.6 Å². The van der Waals surface area contributed by atoms with Gasteiger partial charge in [0.2, 0.25) is 0 Å². The van der Waals surface area contributed by atoms with E-state index in [-0.39, 0.29) is 5.75 Å². The summed E-state index contributed by atoms with van der Waals surface area (Å²) in [6, 6.07) is 3.35. The van der Waals surface area contributed by atoms with E-state index in [0.717, 1.165) is 11.0 Å². The average molecular weight is 376 g/mol. The van der Waals surface area contributed by atoms with E-state index in [4.69, 9.17) is 15.2 Å². The molecule has 0 spiro atoms. The van der Waals surface area contributed by atoms with Crippen LogP contribution in [0.3, 0.4) is 0 Å². The molecule has 0 radical (unpaired) electrons. The number of amides is 1. The molecule has 4 N–H and O–H groups in total. The number of aromatic hydroxyl groups is 1. The van der Waals surface area contributed by atoms with Crippen LogP contribution in [0.25, 0.3) is 39.1 Å². The van der Waals surface area contributed by atoms with Crippen LogP contribution >= 0.6 is 0 Å². The van der Waals surface area contributed by atoms with E-state index < -0.39 is 5.91 Å². The Labute approximate surface area is 157 Å². The Bertz CT molecular complexity index is 1420. The first-order valence-electron chi connectivity index (χ1n) is 8.63. The van der Waals surface area contributed by atoms with Crippen LogP contribution in [0.2, 0.25) is 0 Å². The van der Waals surface area contributed by atoms with Crippen LogP contribution in [-0.2, 0) is 0 Å². The Morgan fingerprint density at radius 1 is 1.29 bits per heavy atom. The zero-order valence-electron chi connectivity index (χ0n) is 15.4. The SMILES string of the molecule is Cc1noc(C)c1-c1ncc2c(C(N)=O)c3[nH]c4ccc(O)c(C)c4n3c2n1. The second-order valence-corrected chi connectivity index (χ2v) is 6.78. The molecule has 0 atom stereocenters. The molecule has 0 aliphatic heterocycles. The van der Waals surface area contributed by atoms with Crippen molar-refractivity contribution in [3.8, 4) is 17.1 Å².